The Labute approximate surface area is 187 Å². The van der Waals surface area contributed by atoms with Crippen LogP contribution in [0.2, 0.25) is 0 Å². The van der Waals surface area contributed by atoms with Crippen LogP contribution < -0.4 is 10.6 Å². The number of alkyl carbamates (subject to hydrolysis) is 1. The number of ether oxygens (including phenoxy) is 2. The average molecular weight is 443 g/mol. The Morgan fingerprint density at radius 2 is 1.47 bits per heavy atom. The van der Waals surface area contributed by atoms with Crippen molar-refractivity contribution in [2.24, 2.45) is 0 Å². The number of nitrogens with one attached hydrogen (secondary N) is 2. The minimum atomic E-state index is -1.01. The van der Waals surface area contributed by atoms with Gasteiger partial charge in [0, 0.05) is 6.04 Å². The monoisotopic (exact) mass is 442 g/mol. The lowest BCUT2D eigenvalue weighted by molar-refractivity contribution is -0.147. The molecule has 0 radical (unpaired) electrons. The molecule has 0 fully saturated rings. The molecule has 2 aromatic carbocycles. The number of aliphatic carboxylic acids is 1. The van der Waals surface area contributed by atoms with Crippen molar-refractivity contribution in [3.8, 4) is 0 Å². The lowest BCUT2D eigenvalue weighted by Crippen LogP contribution is -2.39. The van der Waals surface area contributed by atoms with E-state index in [0.29, 0.717) is 19.4 Å². The van der Waals surface area contributed by atoms with Crippen LogP contribution in [0, 0.1) is 0 Å². The molecule has 0 spiro atoms. The minimum absolute atomic E-state index is 0.108. The van der Waals surface area contributed by atoms with Gasteiger partial charge in [-0.25, -0.2) is 4.79 Å². The van der Waals surface area contributed by atoms with Gasteiger partial charge in [-0.15, -0.1) is 0 Å². The molecule has 0 aliphatic carbocycles. The fraction of sp³-hybridized carbons (Fsp3) is 0.375. The normalized spacial score (nSPS) is 12.4. The van der Waals surface area contributed by atoms with E-state index in [0.717, 1.165) is 11.1 Å². The number of rotatable bonds is 13. The summed E-state index contributed by atoms with van der Waals surface area (Å²) in [6, 6.07) is 17.6. The molecular weight excluding hydrogens is 412 g/mol. The highest BCUT2D eigenvalue weighted by Crippen LogP contribution is 2.06. The number of amides is 1. The highest BCUT2D eigenvalue weighted by Gasteiger charge is 2.18. The third-order valence-corrected chi connectivity index (χ3v) is 4.71. The zero-order chi connectivity index (χ0) is 23.2. The highest BCUT2D eigenvalue weighted by molar-refractivity contribution is 5.75. The lowest BCUT2D eigenvalue weighted by Gasteiger charge is -2.18. The van der Waals surface area contributed by atoms with Crippen LogP contribution in [0.1, 0.15) is 37.3 Å². The van der Waals surface area contributed by atoms with Crippen LogP contribution in [0.15, 0.2) is 60.7 Å². The summed E-state index contributed by atoms with van der Waals surface area (Å²) in [5.74, 6) is -1.37. The average Bonchev–Trinajstić information content (AvgIpc) is 2.79. The molecule has 0 saturated carbocycles. The first-order chi connectivity index (χ1) is 15.4. The second-order valence-corrected chi connectivity index (χ2v) is 7.41. The van der Waals surface area contributed by atoms with Crippen molar-refractivity contribution in [1.29, 1.82) is 0 Å². The second kappa shape index (κ2) is 13.8. The molecule has 1 unspecified atom stereocenters. The summed E-state index contributed by atoms with van der Waals surface area (Å²) in [5, 5.41) is 14.8. The van der Waals surface area contributed by atoms with Crippen molar-refractivity contribution in [3.05, 3.63) is 71.8 Å². The zero-order valence-corrected chi connectivity index (χ0v) is 18.2. The summed E-state index contributed by atoms with van der Waals surface area (Å²) in [6.07, 6.45) is 0.110. The molecule has 1 amide bonds. The minimum Gasteiger partial charge on any atom is -0.481 e. The summed E-state index contributed by atoms with van der Waals surface area (Å²) >= 11 is 0. The SMILES string of the molecule is CC(NCCC[C@@H](CC(=O)O)NC(=O)OCc1ccccc1)C(=O)OCc1ccccc1. The van der Waals surface area contributed by atoms with Crippen LogP contribution in [-0.2, 0) is 32.3 Å². The van der Waals surface area contributed by atoms with Gasteiger partial charge in [0.05, 0.1) is 6.42 Å². The third-order valence-electron chi connectivity index (χ3n) is 4.71. The van der Waals surface area contributed by atoms with Crippen LogP contribution in [0.4, 0.5) is 4.79 Å². The smallest absolute Gasteiger partial charge is 0.407 e. The Bertz CT molecular complexity index is 844. The molecule has 0 aliphatic heterocycles. The molecule has 2 aromatic rings. The van der Waals surface area contributed by atoms with Gasteiger partial charge in [0.25, 0.3) is 0 Å². The number of hydrogen-bond acceptors (Lipinski definition) is 6. The molecule has 0 aromatic heterocycles. The summed E-state index contributed by atoms with van der Waals surface area (Å²) in [4.78, 5) is 35.2. The van der Waals surface area contributed by atoms with Crippen LogP contribution >= 0.6 is 0 Å². The predicted molar refractivity (Wildman–Crippen MR) is 119 cm³/mol. The van der Waals surface area contributed by atoms with Gasteiger partial charge in [-0.3, -0.25) is 9.59 Å². The van der Waals surface area contributed by atoms with Crippen LogP contribution in [-0.4, -0.2) is 41.8 Å². The standard InChI is InChI=1S/C24H30N2O6/c1-18(23(29)31-16-19-9-4-2-5-10-19)25-14-8-13-21(15-22(27)28)26-24(30)32-17-20-11-6-3-7-12-20/h2-7,9-12,18,21,25H,8,13-17H2,1H3,(H,26,30)(H,27,28)/t18?,21-/m0/s1. The topological polar surface area (TPSA) is 114 Å². The number of hydrogen-bond donors (Lipinski definition) is 3. The van der Waals surface area contributed by atoms with Crippen molar-refractivity contribution >= 4 is 18.0 Å². The van der Waals surface area contributed by atoms with Crippen molar-refractivity contribution in [1.82, 2.24) is 10.6 Å². The first-order valence-corrected chi connectivity index (χ1v) is 10.6. The van der Waals surface area contributed by atoms with Gasteiger partial charge in [0.15, 0.2) is 0 Å². The molecule has 3 N–H and O–H groups in total. The Kier molecular flexibility index (Phi) is 10.7. The quantitative estimate of drug-likeness (QED) is 0.322. The van der Waals surface area contributed by atoms with Gasteiger partial charge in [0.2, 0.25) is 0 Å². The first-order valence-electron chi connectivity index (χ1n) is 10.6. The van der Waals surface area contributed by atoms with Gasteiger partial charge in [-0.2, -0.15) is 0 Å². The van der Waals surface area contributed by atoms with E-state index >= 15 is 0 Å². The molecular formula is C24H30N2O6. The molecule has 0 aliphatic rings. The van der Waals surface area contributed by atoms with Gasteiger partial charge in [0.1, 0.15) is 19.3 Å². The number of carboxylic acids is 1. The van der Waals surface area contributed by atoms with Crippen LogP contribution in [0.25, 0.3) is 0 Å². The number of carbonyl (C=O) groups excluding carboxylic acids is 2. The molecule has 172 valence electrons. The summed E-state index contributed by atoms with van der Waals surface area (Å²) in [5.41, 5.74) is 1.75. The molecule has 0 heterocycles. The van der Waals surface area contributed by atoms with Gasteiger partial charge in [-0.05, 0) is 37.4 Å². The fourth-order valence-corrected chi connectivity index (χ4v) is 2.97. The fourth-order valence-electron chi connectivity index (χ4n) is 2.97. The van der Waals surface area contributed by atoms with Gasteiger partial charge in [-0.1, -0.05) is 60.7 Å². The highest BCUT2D eigenvalue weighted by atomic mass is 16.5. The maximum absolute atomic E-state index is 12.1. The molecule has 0 saturated heterocycles. The maximum Gasteiger partial charge on any atom is 0.407 e. The van der Waals surface area contributed by atoms with Crippen LogP contribution in [0.3, 0.4) is 0 Å². The van der Waals surface area contributed by atoms with E-state index in [1.807, 2.05) is 60.7 Å². The van der Waals surface area contributed by atoms with E-state index < -0.39 is 24.1 Å². The van der Waals surface area contributed by atoms with E-state index in [9.17, 15) is 14.4 Å². The first kappa shape index (κ1) is 24.9. The van der Waals surface area contributed by atoms with Crippen LogP contribution in [0.5, 0.6) is 0 Å². The second-order valence-electron chi connectivity index (χ2n) is 7.41. The Morgan fingerprint density at radius 1 is 0.906 bits per heavy atom. The van der Waals surface area contributed by atoms with E-state index in [4.69, 9.17) is 14.6 Å². The number of esters is 1. The summed E-state index contributed by atoms with van der Waals surface area (Å²) < 4.78 is 10.4. The Balaban J connectivity index is 1.67. The van der Waals surface area contributed by atoms with Crippen molar-refractivity contribution in [3.63, 3.8) is 0 Å². The lowest BCUT2D eigenvalue weighted by atomic mass is 10.1. The van der Waals surface area contributed by atoms with E-state index in [-0.39, 0.29) is 25.6 Å². The van der Waals surface area contributed by atoms with Crippen molar-refractivity contribution < 1.29 is 29.0 Å². The zero-order valence-electron chi connectivity index (χ0n) is 18.2. The number of carboxylic acid groups (broad SMARTS) is 1. The van der Waals surface area contributed by atoms with Gasteiger partial charge >= 0.3 is 18.0 Å². The number of benzene rings is 2. The Hall–Kier alpha value is -3.39. The van der Waals surface area contributed by atoms with Gasteiger partial charge < -0.3 is 25.2 Å². The van der Waals surface area contributed by atoms with E-state index in [2.05, 4.69) is 10.6 Å². The molecule has 2 atom stereocenters. The van der Waals surface area contributed by atoms with E-state index in [1.54, 1.807) is 6.92 Å². The Morgan fingerprint density at radius 3 is 2.03 bits per heavy atom. The van der Waals surface area contributed by atoms with E-state index in [1.165, 1.54) is 0 Å². The molecule has 32 heavy (non-hydrogen) atoms. The molecule has 8 heteroatoms. The number of carbonyl (C=O) groups is 3. The van der Waals surface area contributed by atoms with Crippen molar-refractivity contribution in [2.75, 3.05) is 6.54 Å². The maximum atomic E-state index is 12.1. The molecule has 0 bridgehead atoms. The van der Waals surface area contributed by atoms with Crippen molar-refractivity contribution in [2.45, 2.75) is 51.5 Å². The molecule has 8 nitrogen and oxygen atoms in total. The summed E-state index contributed by atoms with van der Waals surface area (Å²) in [6.45, 7) is 2.50. The summed E-state index contributed by atoms with van der Waals surface area (Å²) in [7, 11) is 0. The predicted octanol–water partition coefficient (Wildman–Crippen LogP) is 3.26. The largest absolute Gasteiger partial charge is 0.481 e. The third kappa shape index (κ3) is 10.1. The molecule has 2 rings (SSSR count).